The fraction of sp³-hybridized carbons (Fsp3) is 0.0526. The van der Waals surface area contributed by atoms with E-state index in [1.165, 1.54) is 16.7 Å². The number of benzene rings is 3. The first-order valence-corrected chi connectivity index (χ1v) is 7.98. The number of rotatable bonds is 3. The molecule has 0 N–H and O–H groups in total. The van der Waals surface area contributed by atoms with Crippen LogP contribution in [0.3, 0.4) is 0 Å². The van der Waals surface area contributed by atoms with Crippen LogP contribution in [-0.4, -0.2) is 16.9 Å². The van der Waals surface area contributed by atoms with Crippen LogP contribution in [0, 0.1) is 0 Å². The molecule has 0 saturated heterocycles. The van der Waals surface area contributed by atoms with Gasteiger partial charge >= 0.3 is 129 Å². The second-order valence-electron chi connectivity index (χ2n) is 4.91. The topological polar surface area (TPSA) is 0 Å². The normalized spacial score (nSPS) is 10.7. The molecule has 0 amide bonds. The molecule has 0 heterocycles. The molecule has 0 aliphatic carbocycles. The van der Waals surface area contributed by atoms with E-state index in [2.05, 4.69) is 91.0 Å². The Labute approximate surface area is 141 Å². The van der Waals surface area contributed by atoms with Crippen molar-refractivity contribution < 1.29 is 0 Å². The van der Waals surface area contributed by atoms with Gasteiger partial charge in [0.2, 0.25) is 0 Å². The molecule has 0 aromatic heterocycles. The zero-order valence-corrected chi connectivity index (χ0v) is 14.9. The van der Waals surface area contributed by atoms with E-state index in [0.717, 1.165) is 0 Å². The van der Waals surface area contributed by atoms with E-state index < -0.39 is 0 Å². The van der Waals surface area contributed by atoms with Gasteiger partial charge in [-0.05, 0) is 0 Å². The Morgan fingerprint density at radius 3 is 0.952 bits per heavy atom. The SMILES string of the molecule is Cl.[AsH2]C(c1ccccc1)(c1ccccc1)c1ccccc1. The molecule has 21 heavy (non-hydrogen) atoms. The summed E-state index contributed by atoms with van der Waals surface area (Å²) in [7, 11) is 0. The van der Waals surface area contributed by atoms with Crippen LogP contribution in [0.4, 0.5) is 0 Å². The third-order valence-electron chi connectivity index (χ3n) is 3.69. The summed E-state index contributed by atoms with van der Waals surface area (Å²) in [6.07, 6.45) is 0. The van der Waals surface area contributed by atoms with Crippen LogP contribution < -0.4 is 0 Å². The molecule has 1 unspecified atom stereocenters. The van der Waals surface area contributed by atoms with Crippen LogP contribution in [0.15, 0.2) is 91.0 Å². The van der Waals surface area contributed by atoms with Crippen LogP contribution in [-0.2, 0) is 4.20 Å². The Hall–Kier alpha value is -1.49. The zero-order valence-electron chi connectivity index (χ0n) is 11.6. The van der Waals surface area contributed by atoms with Crippen LogP contribution in [0.2, 0.25) is 0 Å². The summed E-state index contributed by atoms with van der Waals surface area (Å²) in [5.41, 5.74) is 4.03. The van der Waals surface area contributed by atoms with Gasteiger partial charge in [0.1, 0.15) is 0 Å². The van der Waals surface area contributed by atoms with Crippen molar-refractivity contribution in [2.24, 2.45) is 0 Å². The first-order valence-electron chi connectivity index (χ1n) is 6.77. The fourth-order valence-electron chi connectivity index (χ4n) is 2.60. The van der Waals surface area contributed by atoms with Crippen molar-refractivity contribution in [3.63, 3.8) is 0 Å². The Balaban J connectivity index is 0.00000161. The molecule has 0 fully saturated rings. The molecule has 1 atom stereocenters. The molecule has 0 radical (unpaired) electrons. The Morgan fingerprint density at radius 1 is 0.476 bits per heavy atom. The van der Waals surface area contributed by atoms with Crippen LogP contribution in [0.25, 0.3) is 0 Å². The molecular weight excluding hydrogens is 339 g/mol. The summed E-state index contributed by atoms with van der Waals surface area (Å²) in [6.45, 7) is 0. The average molecular weight is 357 g/mol. The summed E-state index contributed by atoms with van der Waals surface area (Å²) in [5, 5.41) is 0. The van der Waals surface area contributed by atoms with E-state index in [0.29, 0.717) is 0 Å². The number of hydrogen-bond donors (Lipinski definition) is 0. The van der Waals surface area contributed by atoms with Gasteiger partial charge in [0, 0.05) is 0 Å². The standard InChI is InChI=1S/C19H17As.ClH/c20-19(16-10-4-1-5-11-16,17-12-6-2-7-13-17)18-14-8-3-9-15-18;/h1-15H,20H2;1H. The van der Waals surface area contributed by atoms with Crippen molar-refractivity contribution in [2.75, 3.05) is 0 Å². The van der Waals surface area contributed by atoms with Crippen molar-refractivity contribution in [3.05, 3.63) is 108 Å². The van der Waals surface area contributed by atoms with Gasteiger partial charge in [-0.15, -0.1) is 12.4 Å². The van der Waals surface area contributed by atoms with E-state index >= 15 is 0 Å². The first kappa shape index (κ1) is 15.9. The van der Waals surface area contributed by atoms with E-state index in [9.17, 15) is 0 Å². The van der Waals surface area contributed by atoms with Crippen molar-refractivity contribution >= 4 is 29.3 Å². The van der Waals surface area contributed by atoms with Gasteiger partial charge in [0.25, 0.3) is 0 Å². The van der Waals surface area contributed by atoms with Gasteiger partial charge in [-0.1, -0.05) is 0 Å². The van der Waals surface area contributed by atoms with Gasteiger partial charge in [0.05, 0.1) is 0 Å². The van der Waals surface area contributed by atoms with Crippen LogP contribution in [0.5, 0.6) is 0 Å². The van der Waals surface area contributed by atoms with E-state index in [4.69, 9.17) is 0 Å². The maximum absolute atomic E-state index is 2.22. The quantitative estimate of drug-likeness (QED) is 0.491. The molecule has 0 aliphatic heterocycles. The Kier molecular flexibility index (Phi) is 5.28. The van der Waals surface area contributed by atoms with Gasteiger partial charge in [-0.25, -0.2) is 0 Å². The number of halogens is 1. The molecule has 0 nitrogen and oxygen atoms in total. The summed E-state index contributed by atoms with van der Waals surface area (Å²) in [4.78, 5) is 0. The molecule has 0 spiro atoms. The van der Waals surface area contributed by atoms with Crippen molar-refractivity contribution in [2.45, 2.75) is 4.20 Å². The van der Waals surface area contributed by atoms with Crippen molar-refractivity contribution in [1.29, 1.82) is 0 Å². The molecular formula is C19H18AsCl. The molecule has 3 rings (SSSR count). The minimum atomic E-state index is -0.0588. The van der Waals surface area contributed by atoms with Gasteiger partial charge in [-0.3, -0.25) is 0 Å². The predicted molar refractivity (Wildman–Crippen MR) is 95.0 cm³/mol. The van der Waals surface area contributed by atoms with Crippen molar-refractivity contribution in [3.8, 4) is 0 Å². The summed E-state index contributed by atoms with van der Waals surface area (Å²) >= 11 is 1.73. The van der Waals surface area contributed by atoms with Crippen molar-refractivity contribution in [1.82, 2.24) is 0 Å². The fourth-order valence-corrected chi connectivity index (χ4v) is 3.81. The van der Waals surface area contributed by atoms with Gasteiger partial charge in [0.15, 0.2) is 0 Å². The summed E-state index contributed by atoms with van der Waals surface area (Å²) < 4.78 is -0.0588. The molecule has 0 saturated carbocycles. The third-order valence-corrected chi connectivity index (χ3v) is 5.79. The second kappa shape index (κ2) is 6.98. The molecule has 0 bridgehead atoms. The van der Waals surface area contributed by atoms with Gasteiger partial charge in [-0.2, -0.15) is 0 Å². The third kappa shape index (κ3) is 3.07. The Morgan fingerprint density at radius 2 is 0.714 bits per heavy atom. The second-order valence-corrected chi connectivity index (χ2v) is 6.72. The minimum absolute atomic E-state index is 0. The van der Waals surface area contributed by atoms with E-state index in [1.54, 1.807) is 16.9 Å². The van der Waals surface area contributed by atoms with E-state index in [-0.39, 0.29) is 16.6 Å². The van der Waals surface area contributed by atoms with Gasteiger partial charge < -0.3 is 0 Å². The Bertz CT molecular complexity index is 569. The molecule has 3 aromatic carbocycles. The van der Waals surface area contributed by atoms with E-state index in [1.807, 2.05) is 0 Å². The predicted octanol–water partition coefficient (Wildman–Crippen LogP) is 4.03. The monoisotopic (exact) mass is 356 g/mol. The molecule has 2 heteroatoms. The summed E-state index contributed by atoms with van der Waals surface area (Å²) in [6, 6.07) is 32.3. The molecule has 106 valence electrons. The number of hydrogen-bond acceptors (Lipinski definition) is 0. The zero-order chi connectivity index (χ0) is 13.8. The summed E-state index contributed by atoms with van der Waals surface area (Å²) in [5.74, 6) is 0. The van der Waals surface area contributed by atoms with Crippen LogP contribution in [0.1, 0.15) is 16.7 Å². The molecule has 3 aromatic rings. The average Bonchev–Trinajstić information content (AvgIpc) is 2.56. The first-order chi connectivity index (χ1) is 9.82. The van der Waals surface area contributed by atoms with Crippen LogP contribution >= 0.6 is 12.4 Å². The maximum atomic E-state index is 2.22. The molecule has 0 aliphatic rings.